The summed E-state index contributed by atoms with van der Waals surface area (Å²) in [5, 5.41) is 15.2. The van der Waals surface area contributed by atoms with Gasteiger partial charge in [0.25, 0.3) is 40.0 Å². The second kappa shape index (κ2) is 45.2. The number of carbonyl (C=O) groups excluding carboxylic acids is 3. The van der Waals surface area contributed by atoms with E-state index in [0.717, 1.165) is 127 Å². The molecule has 7 aromatic heterocycles. The zero-order valence-corrected chi connectivity index (χ0v) is 79.4. The Kier molecular flexibility index (Phi) is 31.6. The lowest BCUT2D eigenvalue weighted by atomic mass is 9.96. The number of oxazole rings is 1. The summed E-state index contributed by atoms with van der Waals surface area (Å²) in [4.78, 5) is 116. The molecule has 24 heteroatoms. The first-order valence-corrected chi connectivity index (χ1v) is 47.1. The van der Waals surface area contributed by atoms with E-state index in [4.69, 9.17) is 18.6 Å². The molecule has 7 heterocycles. The smallest absolute Gasteiger partial charge is 0.262 e. The highest BCUT2D eigenvalue weighted by molar-refractivity contribution is 7.15. The maximum atomic E-state index is 16.1. The van der Waals surface area contributed by atoms with Crippen molar-refractivity contribution in [3.63, 3.8) is 0 Å². The Hall–Kier alpha value is -16.2. The second-order valence-electron chi connectivity index (χ2n) is 34.1. The predicted molar refractivity (Wildman–Crippen MR) is 550 cm³/mol. The largest absolute Gasteiger partial charge is 0.494 e. The predicted octanol–water partition coefficient (Wildman–Crippen LogP) is 25.8. The first kappa shape index (κ1) is 96.4. The molecule has 1 saturated carbocycles. The molecule has 17 aromatic rings. The highest BCUT2D eigenvalue weighted by Crippen LogP contribution is 2.47. The zero-order chi connectivity index (χ0) is 96.9. The fourth-order valence-electron chi connectivity index (χ4n) is 15.3. The normalized spacial score (nSPS) is 11.4. The van der Waals surface area contributed by atoms with Crippen LogP contribution < -0.4 is 52.4 Å². The molecule has 3 amide bonds. The van der Waals surface area contributed by atoms with Gasteiger partial charge in [-0.15, -0.1) is 11.3 Å². The van der Waals surface area contributed by atoms with Crippen molar-refractivity contribution in [3.8, 4) is 129 Å². The third-order valence-electron chi connectivity index (χ3n) is 23.3. The SMILES string of the molecule is CCCCOc1ccc(-c2[nH]c(=O)c(C(=O)Nc3ccc(C)cc3)c(-c3ccc(C)cc3)c2F)cc1.CCCCOc1ccc(-c2cc(-c3ccc(C)cc3)c(C(=O)Nc3ccc(C)cc3)c(=O)[nH]2)cc1.CCCCOc1ccc(-c2cc(-c3ccc(C4CC4)s3)c(-c3ncn[nH]3)c(=O)[nH]2)cc1.Cc1ccc(NC(=O)c2c(-c3ccc(C)cc3)cc(-c3nc(-c4ccccc4)oc3C)[nH]c2=O)cc1. The zero-order valence-electron chi connectivity index (χ0n) is 78.6. The number of nitrogens with one attached hydrogen (secondary N) is 8. The number of amides is 3. The number of carbonyl (C=O) groups is 3. The number of hydrogen-bond donors (Lipinski definition) is 8. The second-order valence-corrected chi connectivity index (χ2v) is 35.2. The summed E-state index contributed by atoms with van der Waals surface area (Å²) in [5.74, 6) is 2.19. The van der Waals surface area contributed by atoms with Gasteiger partial charge in [0.15, 0.2) is 11.6 Å². The van der Waals surface area contributed by atoms with Gasteiger partial charge in [-0.3, -0.25) is 38.7 Å². The van der Waals surface area contributed by atoms with Gasteiger partial charge in [0, 0.05) is 71.6 Å². The Morgan fingerprint density at radius 2 is 0.790 bits per heavy atom. The molecule has 138 heavy (non-hydrogen) atoms. The van der Waals surface area contributed by atoms with Gasteiger partial charge in [0.1, 0.15) is 51.7 Å². The first-order valence-electron chi connectivity index (χ1n) is 46.2. The van der Waals surface area contributed by atoms with E-state index in [1.54, 1.807) is 72.9 Å². The highest BCUT2D eigenvalue weighted by Gasteiger charge is 2.30. The molecule has 0 spiro atoms. The van der Waals surface area contributed by atoms with E-state index in [9.17, 15) is 33.6 Å². The number of halogens is 1. The standard InChI is InChI=1S/C30H29FN2O3.C30H25N3O3.C30H30N2O3.C24H24N4O2S/c1-4-5-18-36-24-16-12-22(13-17-24)28-27(31)25(21-10-6-19(2)7-11-21)26(30(35)33-28)29(34)32-23-14-8-20(3)9-15-23;1-18-9-13-21(14-10-18)24-17-25(27-20(3)36-30(33-27)22-7-5-4-6-8-22)32-29(35)26(24)28(34)31-23-15-11-19(2)12-16-23;1-4-5-18-35-25-16-12-23(13-17-25)27-19-26(22-10-6-20(2)7-11-22)28(30(34)32-27)29(33)31-24-14-8-21(3)9-15-24;1-2-3-12-30-17-8-6-15(7-9-17)19-13-18(21-11-10-20(31-21)16-4-5-16)22(24(29)27-19)23-25-14-26-28-23/h6-17H,4-5,18H2,1-3H3,(H,32,34)(H,33,35);4-17H,1-3H3,(H,31,34)(H,32,35);6-17,19H,4-5,18H2,1-3H3,(H,31,33)(H,32,34);6-11,13-14,16H,2-5,12H2,1H3,(H,27,29)(H,25,26,28). The number of anilines is 3. The molecule has 18 rings (SSSR count). The molecule has 0 saturated heterocycles. The molecule has 1 aliphatic rings. The van der Waals surface area contributed by atoms with E-state index in [-0.39, 0.29) is 33.5 Å². The molecular weight excluding hydrogens is 1750 g/mol. The molecular formula is C114H108FN11O11S. The summed E-state index contributed by atoms with van der Waals surface area (Å²) in [5.41, 5.74) is 16.1. The maximum Gasteiger partial charge on any atom is 0.262 e. The lowest BCUT2D eigenvalue weighted by Gasteiger charge is -2.15. The Labute approximate surface area is 803 Å². The monoisotopic (exact) mass is 1860 g/mol. The number of aromatic amines is 5. The lowest BCUT2D eigenvalue weighted by molar-refractivity contribution is 0.101. The van der Waals surface area contributed by atoms with Crippen molar-refractivity contribution >= 4 is 46.1 Å². The molecule has 0 unspecified atom stereocenters. The molecule has 22 nitrogen and oxygen atoms in total. The van der Waals surface area contributed by atoms with Crippen molar-refractivity contribution < 1.29 is 37.4 Å². The van der Waals surface area contributed by atoms with Gasteiger partial charge in [-0.25, -0.2) is 14.4 Å². The summed E-state index contributed by atoms with van der Waals surface area (Å²) >= 11 is 1.76. The van der Waals surface area contributed by atoms with Crippen LogP contribution in [-0.2, 0) is 0 Å². The van der Waals surface area contributed by atoms with Gasteiger partial charge in [0.05, 0.1) is 36.8 Å². The fourth-order valence-corrected chi connectivity index (χ4v) is 16.5. The van der Waals surface area contributed by atoms with Crippen molar-refractivity contribution in [2.75, 3.05) is 35.8 Å². The van der Waals surface area contributed by atoms with Crippen molar-refractivity contribution in [3.05, 3.63) is 393 Å². The van der Waals surface area contributed by atoms with Crippen molar-refractivity contribution in [1.29, 1.82) is 0 Å². The number of thiophene rings is 1. The number of hydrogen-bond acceptors (Lipinski definition) is 15. The van der Waals surface area contributed by atoms with Gasteiger partial charge in [0.2, 0.25) is 5.89 Å². The summed E-state index contributed by atoms with van der Waals surface area (Å²) < 4.78 is 39.2. The molecule has 0 atom stereocenters. The highest BCUT2D eigenvalue weighted by atomic mass is 32.1. The average Bonchev–Trinajstić information content (AvgIpc) is 1.26. The van der Waals surface area contributed by atoms with Gasteiger partial charge in [-0.1, -0.05) is 201 Å². The third kappa shape index (κ3) is 24.3. The molecule has 10 aromatic carbocycles. The van der Waals surface area contributed by atoms with E-state index in [2.05, 4.69) is 89.0 Å². The summed E-state index contributed by atoms with van der Waals surface area (Å²) in [6, 6.07) is 86.6. The lowest BCUT2D eigenvalue weighted by Crippen LogP contribution is -2.26. The molecule has 8 N–H and O–H groups in total. The Morgan fingerprint density at radius 1 is 0.406 bits per heavy atom. The Bertz CT molecular complexity index is 7340. The number of aromatic nitrogens is 8. The van der Waals surface area contributed by atoms with E-state index in [0.29, 0.717) is 111 Å². The van der Waals surface area contributed by atoms with Crippen LogP contribution in [0.4, 0.5) is 21.5 Å². The van der Waals surface area contributed by atoms with Crippen LogP contribution in [0.3, 0.4) is 0 Å². The van der Waals surface area contributed by atoms with E-state index >= 15 is 4.39 Å². The van der Waals surface area contributed by atoms with Crippen LogP contribution in [0.5, 0.6) is 17.2 Å². The topological polar surface area (TPSA) is 314 Å². The van der Waals surface area contributed by atoms with E-state index < -0.39 is 40.2 Å². The molecule has 0 bridgehead atoms. The number of rotatable bonds is 29. The fraction of sp³-hybridized carbons (Fsp3) is 0.193. The van der Waals surface area contributed by atoms with Crippen LogP contribution >= 0.6 is 11.3 Å². The van der Waals surface area contributed by atoms with Gasteiger partial charge < -0.3 is 54.5 Å². The van der Waals surface area contributed by atoms with E-state index in [1.165, 1.54) is 24.0 Å². The first-order chi connectivity index (χ1) is 66.9. The van der Waals surface area contributed by atoms with Crippen LogP contribution in [0.25, 0.3) is 112 Å². The number of aryl methyl sites for hydroxylation is 7. The van der Waals surface area contributed by atoms with Gasteiger partial charge >= 0.3 is 0 Å². The minimum Gasteiger partial charge on any atom is -0.494 e. The van der Waals surface area contributed by atoms with Crippen molar-refractivity contribution in [2.24, 2.45) is 0 Å². The van der Waals surface area contributed by atoms with E-state index in [1.807, 2.05) is 254 Å². The maximum absolute atomic E-state index is 16.1. The van der Waals surface area contributed by atoms with Crippen molar-refractivity contribution in [1.82, 2.24) is 40.1 Å². The van der Waals surface area contributed by atoms with Crippen LogP contribution in [-0.4, -0.2) is 77.6 Å². The number of benzene rings is 10. The van der Waals surface area contributed by atoms with Gasteiger partial charge in [-0.2, -0.15) is 5.10 Å². The number of H-pyrrole nitrogens is 5. The number of pyridine rings is 4. The Morgan fingerprint density at radius 3 is 1.22 bits per heavy atom. The van der Waals surface area contributed by atoms with Crippen molar-refractivity contribution in [2.45, 2.75) is 127 Å². The number of unbranched alkanes of at least 4 members (excludes halogenated alkanes) is 3. The molecule has 698 valence electrons. The minimum atomic E-state index is -0.680. The van der Waals surface area contributed by atoms with Crippen LogP contribution in [0.1, 0.15) is 153 Å². The molecule has 0 radical (unpaired) electrons. The van der Waals surface area contributed by atoms with Gasteiger partial charge in [-0.05, 0) is 266 Å². The summed E-state index contributed by atoms with van der Waals surface area (Å²) in [6.07, 6.45) is 10.1. The number of nitrogens with zero attached hydrogens (tertiary/aromatic N) is 3. The Balaban J connectivity index is 0.000000140. The quantitative estimate of drug-likeness (QED) is 0.0202. The van der Waals surface area contributed by atoms with Crippen LogP contribution in [0, 0.1) is 54.3 Å². The molecule has 1 fully saturated rings. The summed E-state index contributed by atoms with van der Waals surface area (Å²) in [7, 11) is 0. The molecule has 0 aliphatic heterocycles. The van der Waals surface area contributed by atoms with Crippen LogP contribution in [0.15, 0.2) is 309 Å². The summed E-state index contributed by atoms with van der Waals surface area (Å²) in [6.45, 7) is 21.9. The number of ether oxygens (including phenoxy) is 3. The molecule has 1 aliphatic carbocycles. The third-order valence-corrected chi connectivity index (χ3v) is 24.6. The minimum absolute atomic E-state index is 0.0163. The van der Waals surface area contributed by atoms with Crippen LogP contribution in [0.2, 0.25) is 0 Å². The average molecular weight is 1860 g/mol.